The molecule has 5 nitrogen and oxygen atoms in total. The first kappa shape index (κ1) is 10.4. The Kier molecular flexibility index (Phi) is 2.40. The average Bonchev–Trinajstić information content (AvgIpc) is 2.87. The van der Waals surface area contributed by atoms with Crippen LogP contribution in [0, 0.1) is 0 Å². The quantitative estimate of drug-likeness (QED) is 0.803. The first-order valence-corrected chi connectivity index (χ1v) is 5.83. The van der Waals surface area contributed by atoms with E-state index in [0.29, 0.717) is 11.9 Å². The molecule has 3 rings (SSSR count). The summed E-state index contributed by atoms with van der Waals surface area (Å²) in [7, 11) is 2.15. The highest BCUT2D eigenvalue weighted by molar-refractivity contribution is 5.63. The number of benzene rings is 1. The van der Waals surface area contributed by atoms with Gasteiger partial charge in [0.25, 0.3) is 0 Å². The van der Waals surface area contributed by atoms with Crippen LogP contribution in [0.1, 0.15) is 24.1 Å². The number of nitrogens with zero attached hydrogens (tertiary/aromatic N) is 4. The number of hydrogen-bond acceptors (Lipinski definition) is 4. The van der Waals surface area contributed by atoms with Crippen LogP contribution in [0.3, 0.4) is 0 Å². The average molecular weight is 229 g/mol. The van der Waals surface area contributed by atoms with Crippen LogP contribution >= 0.6 is 0 Å². The van der Waals surface area contributed by atoms with Crippen LogP contribution in [0.2, 0.25) is 0 Å². The Hall–Kier alpha value is -1.75. The van der Waals surface area contributed by atoms with Gasteiger partial charge < -0.3 is 0 Å². The molecule has 0 fully saturated rings. The number of rotatable bonds is 1. The molecule has 0 radical (unpaired) electrons. The van der Waals surface area contributed by atoms with Gasteiger partial charge in [0, 0.05) is 18.2 Å². The molecular formula is C12H15N5. The fourth-order valence-electron chi connectivity index (χ4n) is 2.51. The largest absolute Gasteiger partial charge is 0.299 e. The number of likely N-dealkylation sites (N-methyl/N-ethyl adjacent to an activating group) is 1. The van der Waals surface area contributed by atoms with E-state index in [1.54, 1.807) is 0 Å². The molecule has 17 heavy (non-hydrogen) atoms. The predicted molar refractivity (Wildman–Crippen MR) is 64.4 cm³/mol. The van der Waals surface area contributed by atoms with Gasteiger partial charge in [-0.1, -0.05) is 18.2 Å². The third-order valence-corrected chi connectivity index (χ3v) is 3.60. The van der Waals surface area contributed by atoms with Gasteiger partial charge in [0.2, 0.25) is 5.82 Å². The van der Waals surface area contributed by atoms with Gasteiger partial charge in [-0.15, -0.1) is 10.2 Å². The summed E-state index contributed by atoms with van der Waals surface area (Å²) >= 11 is 0. The summed E-state index contributed by atoms with van der Waals surface area (Å²) in [6.07, 6.45) is 1.09. The summed E-state index contributed by atoms with van der Waals surface area (Å²) < 4.78 is 0. The van der Waals surface area contributed by atoms with E-state index < -0.39 is 0 Å². The molecule has 0 saturated heterocycles. The second-order valence-corrected chi connectivity index (χ2v) is 4.52. The molecule has 1 unspecified atom stereocenters. The minimum absolute atomic E-state index is 0.397. The topological polar surface area (TPSA) is 57.7 Å². The van der Waals surface area contributed by atoms with Gasteiger partial charge in [-0.05, 0) is 36.7 Å². The highest BCUT2D eigenvalue weighted by Gasteiger charge is 2.25. The number of tetrazole rings is 1. The maximum atomic E-state index is 4.09. The Labute approximate surface area is 99.8 Å². The van der Waals surface area contributed by atoms with Crippen molar-refractivity contribution < 1.29 is 0 Å². The summed E-state index contributed by atoms with van der Waals surface area (Å²) in [5.74, 6) is 0.684. The molecule has 1 aromatic heterocycles. The van der Waals surface area contributed by atoms with E-state index >= 15 is 0 Å². The van der Waals surface area contributed by atoms with Crippen LogP contribution in [-0.4, -0.2) is 39.1 Å². The monoisotopic (exact) mass is 229 g/mol. The van der Waals surface area contributed by atoms with E-state index in [1.165, 1.54) is 11.1 Å². The first-order chi connectivity index (χ1) is 8.27. The Morgan fingerprint density at radius 1 is 1.41 bits per heavy atom. The SMILES string of the molecule is CC1c2c(cccc2-c2nn[nH]n2)CCN1C. The van der Waals surface area contributed by atoms with Gasteiger partial charge in [0.05, 0.1) is 0 Å². The van der Waals surface area contributed by atoms with Crippen molar-refractivity contribution >= 4 is 0 Å². The Morgan fingerprint density at radius 2 is 2.29 bits per heavy atom. The lowest BCUT2D eigenvalue weighted by Crippen LogP contribution is -2.30. The highest BCUT2D eigenvalue weighted by Crippen LogP contribution is 2.34. The van der Waals surface area contributed by atoms with E-state index in [4.69, 9.17) is 0 Å². The number of fused-ring (bicyclic) bond motifs is 1. The number of aromatic amines is 1. The van der Waals surface area contributed by atoms with Crippen LogP contribution in [-0.2, 0) is 6.42 Å². The molecule has 2 heterocycles. The van der Waals surface area contributed by atoms with Gasteiger partial charge in [-0.3, -0.25) is 4.90 Å². The van der Waals surface area contributed by atoms with Crippen molar-refractivity contribution in [1.29, 1.82) is 0 Å². The van der Waals surface area contributed by atoms with Gasteiger partial charge in [-0.2, -0.15) is 5.21 Å². The summed E-state index contributed by atoms with van der Waals surface area (Å²) in [4.78, 5) is 2.35. The lowest BCUT2D eigenvalue weighted by molar-refractivity contribution is 0.248. The predicted octanol–water partition coefficient (Wildman–Crippen LogP) is 1.42. The van der Waals surface area contributed by atoms with E-state index in [0.717, 1.165) is 18.5 Å². The van der Waals surface area contributed by atoms with Crippen molar-refractivity contribution in [2.75, 3.05) is 13.6 Å². The molecule has 0 saturated carbocycles. The van der Waals surface area contributed by atoms with Crippen molar-refractivity contribution in [3.05, 3.63) is 29.3 Å². The summed E-state index contributed by atoms with van der Waals surface area (Å²) in [6, 6.07) is 6.73. The molecule has 5 heteroatoms. The van der Waals surface area contributed by atoms with Crippen LogP contribution in [0.25, 0.3) is 11.4 Å². The number of nitrogens with one attached hydrogen (secondary N) is 1. The summed E-state index contributed by atoms with van der Waals surface area (Å²) in [5, 5.41) is 14.3. The fourth-order valence-corrected chi connectivity index (χ4v) is 2.51. The molecule has 0 amide bonds. The van der Waals surface area contributed by atoms with Crippen molar-refractivity contribution in [3.63, 3.8) is 0 Å². The molecule has 1 aliphatic rings. The van der Waals surface area contributed by atoms with Gasteiger partial charge in [0.1, 0.15) is 0 Å². The second kappa shape index (κ2) is 3.92. The second-order valence-electron chi connectivity index (χ2n) is 4.52. The fraction of sp³-hybridized carbons (Fsp3) is 0.417. The number of H-pyrrole nitrogens is 1. The molecule has 2 aromatic rings. The van der Waals surface area contributed by atoms with Crippen LogP contribution in [0.4, 0.5) is 0 Å². The third-order valence-electron chi connectivity index (χ3n) is 3.60. The first-order valence-electron chi connectivity index (χ1n) is 5.83. The van der Waals surface area contributed by atoms with Crippen molar-refractivity contribution in [2.24, 2.45) is 0 Å². The standard InChI is InChI=1S/C12H15N5/c1-8-11-9(6-7-17(8)2)4-3-5-10(11)12-13-15-16-14-12/h3-5,8H,6-7H2,1-2H3,(H,13,14,15,16). The maximum Gasteiger partial charge on any atom is 0.205 e. The lowest BCUT2D eigenvalue weighted by Gasteiger charge is -2.33. The van der Waals surface area contributed by atoms with Crippen molar-refractivity contribution in [1.82, 2.24) is 25.5 Å². The summed E-state index contributed by atoms with van der Waals surface area (Å²) in [5.41, 5.74) is 3.83. The molecule has 1 N–H and O–H groups in total. The molecular weight excluding hydrogens is 214 g/mol. The molecule has 88 valence electrons. The highest BCUT2D eigenvalue weighted by atomic mass is 15.5. The number of aromatic nitrogens is 4. The molecule has 0 aliphatic carbocycles. The molecule has 0 spiro atoms. The van der Waals surface area contributed by atoms with Gasteiger partial charge >= 0.3 is 0 Å². The molecule has 1 atom stereocenters. The minimum atomic E-state index is 0.397. The Morgan fingerprint density at radius 3 is 3.06 bits per heavy atom. The zero-order valence-electron chi connectivity index (χ0n) is 10.0. The van der Waals surface area contributed by atoms with Crippen molar-refractivity contribution in [3.8, 4) is 11.4 Å². The maximum absolute atomic E-state index is 4.09. The van der Waals surface area contributed by atoms with Crippen LogP contribution in [0.15, 0.2) is 18.2 Å². The van der Waals surface area contributed by atoms with Crippen LogP contribution < -0.4 is 0 Å². The third kappa shape index (κ3) is 1.63. The van der Waals surface area contributed by atoms with E-state index in [1.807, 2.05) is 0 Å². The molecule has 0 bridgehead atoms. The number of hydrogen-bond donors (Lipinski definition) is 1. The van der Waals surface area contributed by atoms with Crippen LogP contribution in [0.5, 0.6) is 0 Å². The smallest absolute Gasteiger partial charge is 0.205 e. The lowest BCUT2D eigenvalue weighted by atomic mass is 9.89. The summed E-state index contributed by atoms with van der Waals surface area (Å²) in [6.45, 7) is 3.32. The van der Waals surface area contributed by atoms with E-state index in [2.05, 4.69) is 57.7 Å². The van der Waals surface area contributed by atoms with E-state index in [9.17, 15) is 0 Å². The van der Waals surface area contributed by atoms with Gasteiger partial charge in [0.15, 0.2) is 0 Å². The zero-order valence-corrected chi connectivity index (χ0v) is 10.0. The van der Waals surface area contributed by atoms with Gasteiger partial charge in [-0.25, -0.2) is 0 Å². The van der Waals surface area contributed by atoms with E-state index in [-0.39, 0.29) is 0 Å². The Bertz CT molecular complexity index is 520. The zero-order chi connectivity index (χ0) is 11.8. The van der Waals surface area contributed by atoms with Crippen molar-refractivity contribution in [2.45, 2.75) is 19.4 Å². The minimum Gasteiger partial charge on any atom is -0.299 e. The molecule has 1 aliphatic heterocycles. The molecule has 1 aromatic carbocycles. The Balaban J connectivity index is 2.18. The normalized spacial score (nSPS) is 20.2.